The molecule has 0 aromatic carbocycles. The number of hydrogen-bond acceptors (Lipinski definition) is 2. The second-order valence-corrected chi connectivity index (χ2v) is 3.63. The summed E-state index contributed by atoms with van der Waals surface area (Å²) in [6.45, 7) is 0. The predicted octanol–water partition coefficient (Wildman–Crippen LogP) is 1.29. The molecule has 12 heavy (non-hydrogen) atoms. The van der Waals surface area contributed by atoms with Gasteiger partial charge < -0.3 is 0 Å². The first-order chi connectivity index (χ1) is 5.70. The minimum atomic E-state index is -0.876. The molecule has 0 spiro atoms. The fraction of sp³-hybridized carbons (Fsp3) is 0.429. The number of hydrogen-bond donors (Lipinski definition) is 0. The zero-order chi connectivity index (χ0) is 8.72. The van der Waals surface area contributed by atoms with Crippen LogP contribution >= 0.6 is 15.9 Å². The maximum Gasteiger partial charge on any atom is 0.267 e. The predicted molar refractivity (Wildman–Crippen MR) is 44.7 cm³/mol. The minimum Gasteiger partial charge on any atom is -0.292 e. The molecule has 0 saturated heterocycles. The van der Waals surface area contributed by atoms with Gasteiger partial charge in [-0.1, -0.05) is 0 Å². The topological polar surface area (TPSA) is 34.9 Å². The number of alkyl halides is 1. The number of nitrogens with zero attached hydrogens (tertiary/aromatic N) is 2. The minimum absolute atomic E-state index is 0.213. The molecule has 3 nitrogen and oxygen atoms in total. The Bertz CT molecular complexity index is 365. The van der Waals surface area contributed by atoms with Crippen molar-refractivity contribution in [2.24, 2.45) is 0 Å². The van der Waals surface area contributed by atoms with E-state index in [-0.39, 0.29) is 11.6 Å². The Balaban J connectivity index is 2.45. The van der Waals surface area contributed by atoms with Gasteiger partial charge in [0.1, 0.15) is 10.6 Å². The number of rotatable bonds is 1. The summed E-state index contributed by atoms with van der Waals surface area (Å²) >= 11 is 3.04. The van der Waals surface area contributed by atoms with Crippen molar-refractivity contribution in [3.63, 3.8) is 0 Å². The molecule has 1 fully saturated rings. The molecule has 0 aliphatic heterocycles. The summed E-state index contributed by atoms with van der Waals surface area (Å²) < 4.78 is 14.3. The molecule has 1 heterocycles. The molecule has 0 N–H and O–H groups in total. The van der Waals surface area contributed by atoms with Gasteiger partial charge in [-0.25, -0.2) is 9.37 Å². The molecule has 1 saturated carbocycles. The Kier molecular flexibility index (Phi) is 1.75. The summed E-state index contributed by atoms with van der Waals surface area (Å²) in [5.74, 6) is 0. The summed E-state index contributed by atoms with van der Waals surface area (Å²) in [6.07, 6.45) is 2.34. The van der Waals surface area contributed by atoms with Crippen LogP contribution in [-0.2, 0) is 0 Å². The van der Waals surface area contributed by atoms with Crippen molar-refractivity contribution in [2.45, 2.75) is 18.6 Å². The van der Waals surface area contributed by atoms with Crippen molar-refractivity contribution in [3.8, 4) is 0 Å². The first kappa shape index (κ1) is 7.91. The van der Waals surface area contributed by atoms with Crippen LogP contribution in [0.25, 0.3) is 0 Å². The highest BCUT2D eigenvalue weighted by Crippen LogP contribution is 2.37. The van der Waals surface area contributed by atoms with Crippen LogP contribution in [-0.4, -0.2) is 15.7 Å². The number of halogens is 2. The molecule has 0 unspecified atom stereocenters. The van der Waals surface area contributed by atoms with Gasteiger partial charge in [-0.2, -0.15) is 0 Å². The normalized spacial score (nSPS) is 27.2. The van der Waals surface area contributed by atoms with Gasteiger partial charge in [0.15, 0.2) is 0 Å². The quantitative estimate of drug-likeness (QED) is 0.732. The van der Waals surface area contributed by atoms with E-state index >= 15 is 0 Å². The van der Waals surface area contributed by atoms with Crippen molar-refractivity contribution in [2.75, 3.05) is 0 Å². The van der Waals surface area contributed by atoms with Crippen LogP contribution in [0.2, 0.25) is 0 Å². The third-order valence-corrected chi connectivity index (χ3v) is 2.40. The van der Waals surface area contributed by atoms with Crippen LogP contribution in [0, 0.1) is 0 Å². The van der Waals surface area contributed by atoms with E-state index in [2.05, 4.69) is 20.9 Å². The lowest BCUT2D eigenvalue weighted by Crippen LogP contribution is -2.20. The highest BCUT2D eigenvalue weighted by atomic mass is 79.9. The van der Waals surface area contributed by atoms with Gasteiger partial charge in [-0.15, -0.1) is 0 Å². The maximum absolute atomic E-state index is 12.6. The molecule has 5 heteroatoms. The maximum atomic E-state index is 12.6. The van der Waals surface area contributed by atoms with Gasteiger partial charge >= 0.3 is 0 Å². The monoisotopic (exact) mass is 232 g/mol. The summed E-state index contributed by atoms with van der Waals surface area (Å²) in [5, 5.41) is 0. The van der Waals surface area contributed by atoms with Gasteiger partial charge in [0.2, 0.25) is 0 Å². The molecule has 64 valence electrons. The molecule has 1 aliphatic rings. The largest absolute Gasteiger partial charge is 0.292 e. The second kappa shape index (κ2) is 2.65. The summed E-state index contributed by atoms with van der Waals surface area (Å²) in [7, 11) is 0. The molecule has 0 amide bonds. The van der Waals surface area contributed by atoms with Gasteiger partial charge in [0.25, 0.3) is 5.56 Å². The molecule has 1 aromatic heterocycles. The SMILES string of the molecule is O=c1c(Br)cncn1[C@@H]1C[C@@H]1F. The molecule has 1 aromatic rings. The average Bonchev–Trinajstić information content (AvgIpc) is 2.73. The van der Waals surface area contributed by atoms with Crippen LogP contribution in [0.3, 0.4) is 0 Å². The van der Waals surface area contributed by atoms with E-state index in [1.54, 1.807) is 0 Å². The van der Waals surface area contributed by atoms with E-state index in [0.717, 1.165) is 0 Å². The zero-order valence-electron chi connectivity index (χ0n) is 6.08. The Morgan fingerprint density at radius 2 is 2.42 bits per heavy atom. The standard InChI is InChI=1S/C7H6BrFN2O/c8-4-2-10-3-11(7(4)12)6-1-5(6)9/h2-3,5-6H,1H2/t5-,6+/m0/s1. The van der Waals surface area contributed by atoms with Gasteiger partial charge in [-0.05, 0) is 15.9 Å². The van der Waals surface area contributed by atoms with Crippen molar-refractivity contribution in [1.82, 2.24) is 9.55 Å². The van der Waals surface area contributed by atoms with Crippen LogP contribution < -0.4 is 5.56 Å². The fourth-order valence-corrected chi connectivity index (χ4v) is 1.40. The van der Waals surface area contributed by atoms with Crippen LogP contribution in [0.15, 0.2) is 21.8 Å². The fourth-order valence-electron chi connectivity index (χ4n) is 1.08. The van der Waals surface area contributed by atoms with Crippen molar-refractivity contribution < 1.29 is 4.39 Å². The average molecular weight is 233 g/mol. The lowest BCUT2D eigenvalue weighted by Gasteiger charge is -2.00. The number of aromatic nitrogens is 2. The van der Waals surface area contributed by atoms with E-state index in [4.69, 9.17) is 0 Å². The molecule has 0 radical (unpaired) electrons. The van der Waals surface area contributed by atoms with Gasteiger partial charge in [0.05, 0.1) is 12.4 Å². The highest BCUT2D eigenvalue weighted by Gasteiger charge is 2.39. The Hall–Kier alpha value is -0.710. The van der Waals surface area contributed by atoms with E-state index in [1.165, 1.54) is 17.1 Å². The Morgan fingerprint density at radius 1 is 1.75 bits per heavy atom. The van der Waals surface area contributed by atoms with E-state index in [9.17, 15) is 9.18 Å². The van der Waals surface area contributed by atoms with E-state index < -0.39 is 6.17 Å². The first-order valence-electron chi connectivity index (χ1n) is 3.56. The molecule has 2 rings (SSSR count). The second-order valence-electron chi connectivity index (χ2n) is 2.77. The summed E-state index contributed by atoms with van der Waals surface area (Å²) in [4.78, 5) is 15.1. The van der Waals surface area contributed by atoms with Crippen LogP contribution in [0.1, 0.15) is 12.5 Å². The van der Waals surface area contributed by atoms with Gasteiger partial charge in [0, 0.05) is 12.6 Å². The Morgan fingerprint density at radius 3 is 3.00 bits per heavy atom. The van der Waals surface area contributed by atoms with Crippen LogP contribution in [0.5, 0.6) is 0 Å². The molecular weight excluding hydrogens is 227 g/mol. The first-order valence-corrected chi connectivity index (χ1v) is 4.35. The third kappa shape index (κ3) is 1.18. The summed E-state index contributed by atoms with van der Waals surface area (Å²) in [5.41, 5.74) is -0.213. The van der Waals surface area contributed by atoms with Gasteiger partial charge in [-0.3, -0.25) is 9.36 Å². The lowest BCUT2D eigenvalue weighted by atomic mass is 10.6. The van der Waals surface area contributed by atoms with Crippen LogP contribution in [0.4, 0.5) is 4.39 Å². The van der Waals surface area contributed by atoms with Crippen molar-refractivity contribution >= 4 is 15.9 Å². The summed E-state index contributed by atoms with van der Waals surface area (Å²) in [6, 6.07) is -0.289. The lowest BCUT2D eigenvalue weighted by molar-refractivity contribution is 0.436. The third-order valence-electron chi connectivity index (χ3n) is 1.86. The smallest absolute Gasteiger partial charge is 0.267 e. The molecule has 1 aliphatic carbocycles. The van der Waals surface area contributed by atoms with Crippen molar-refractivity contribution in [1.29, 1.82) is 0 Å². The Labute approximate surface area is 76.4 Å². The molecule has 2 atom stereocenters. The highest BCUT2D eigenvalue weighted by molar-refractivity contribution is 9.10. The van der Waals surface area contributed by atoms with Crippen molar-refractivity contribution in [3.05, 3.63) is 27.4 Å². The zero-order valence-corrected chi connectivity index (χ0v) is 7.66. The molecular formula is C7H6BrFN2O. The molecule has 0 bridgehead atoms. The van der Waals surface area contributed by atoms with E-state index in [0.29, 0.717) is 10.9 Å². The van der Waals surface area contributed by atoms with E-state index in [1.807, 2.05) is 0 Å².